The Labute approximate surface area is 102 Å². The minimum Gasteiger partial charge on any atom is -0.379 e. The van der Waals surface area contributed by atoms with Crippen molar-refractivity contribution in [2.45, 2.75) is 5.25 Å². The number of aliphatic imine (C=N–C) groups is 2. The number of morpholine rings is 1. The summed E-state index contributed by atoms with van der Waals surface area (Å²) < 4.78 is 5.22. The predicted octanol–water partition coefficient (Wildman–Crippen LogP) is 0.961. The number of amidine groups is 2. The molecule has 0 aromatic carbocycles. The fraction of sp³-hybridized carbons (Fsp3) is 0.714. The molecule has 0 amide bonds. The zero-order valence-electron chi connectivity index (χ0n) is 7.71. The van der Waals surface area contributed by atoms with Crippen LogP contribution in [-0.4, -0.2) is 47.0 Å². The first-order valence-corrected chi connectivity index (χ1v) is 5.53. The summed E-state index contributed by atoms with van der Waals surface area (Å²) in [5.41, 5.74) is 0. The highest BCUT2D eigenvalue weighted by atomic mass is 35.5. The molecule has 0 aromatic rings. The molecule has 1 saturated heterocycles. The smallest absolute Gasteiger partial charge is 0.272 e. The average Bonchev–Trinajstić information content (AvgIpc) is 2.17. The highest BCUT2D eigenvalue weighted by molar-refractivity contribution is 6.72. The van der Waals surface area contributed by atoms with E-state index >= 15 is 0 Å². The normalized spacial score (nSPS) is 33.0. The van der Waals surface area contributed by atoms with E-state index < -0.39 is 5.25 Å². The van der Waals surface area contributed by atoms with E-state index in [0.717, 1.165) is 0 Å². The first-order chi connectivity index (χ1) is 7.10. The van der Waals surface area contributed by atoms with E-state index in [-0.39, 0.29) is 10.6 Å². The highest BCUT2D eigenvalue weighted by Gasteiger charge is 2.38. The van der Waals surface area contributed by atoms with Crippen LogP contribution in [0, 0.1) is 0 Å². The van der Waals surface area contributed by atoms with Gasteiger partial charge in [0, 0.05) is 13.1 Å². The Kier molecular flexibility index (Phi) is 3.37. The zero-order chi connectivity index (χ0) is 10.9. The standard InChI is InChI=1S/C7H9Cl3N4O/c8-5-11-6(9)13-7(10,12-5)14-1-3-15-4-2-14/h1-4H2,(H,11,12,13). The van der Waals surface area contributed by atoms with Crippen LogP contribution in [0.5, 0.6) is 0 Å². The van der Waals surface area contributed by atoms with Gasteiger partial charge in [-0.1, -0.05) is 11.6 Å². The molecule has 1 unspecified atom stereocenters. The average molecular weight is 272 g/mol. The molecule has 0 saturated carbocycles. The van der Waals surface area contributed by atoms with E-state index in [9.17, 15) is 0 Å². The summed E-state index contributed by atoms with van der Waals surface area (Å²) in [6.45, 7) is 2.54. The van der Waals surface area contributed by atoms with Crippen LogP contribution in [0.4, 0.5) is 0 Å². The second kappa shape index (κ2) is 4.43. The molecule has 8 heteroatoms. The van der Waals surface area contributed by atoms with Crippen LogP contribution in [0.1, 0.15) is 0 Å². The van der Waals surface area contributed by atoms with Crippen LogP contribution >= 0.6 is 34.8 Å². The number of rotatable bonds is 1. The van der Waals surface area contributed by atoms with Gasteiger partial charge in [-0.25, -0.2) is 4.90 Å². The second-order valence-electron chi connectivity index (χ2n) is 3.09. The molecule has 2 aliphatic heterocycles. The molecule has 1 fully saturated rings. The quantitative estimate of drug-likeness (QED) is 0.571. The molecule has 2 heterocycles. The molecule has 0 radical (unpaired) electrons. The lowest BCUT2D eigenvalue weighted by Crippen LogP contribution is -2.59. The summed E-state index contributed by atoms with van der Waals surface area (Å²) in [6.07, 6.45) is 0. The Morgan fingerprint density at radius 1 is 1.33 bits per heavy atom. The zero-order valence-corrected chi connectivity index (χ0v) is 9.98. The summed E-state index contributed by atoms with van der Waals surface area (Å²) in [5.74, 6) is 0. The van der Waals surface area contributed by atoms with E-state index in [1.54, 1.807) is 0 Å². The van der Waals surface area contributed by atoms with Gasteiger partial charge in [0.2, 0.25) is 10.6 Å². The van der Waals surface area contributed by atoms with Crippen molar-refractivity contribution in [2.75, 3.05) is 26.3 Å². The summed E-state index contributed by atoms with van der Waals surface area (Å²) in [7, 11) is 0. The summed E-state index contributed by atoms with van der Waals surface area (Å²) in [4.78, 5) is 9.63. The Morgan fingerprint density at radius 3 is 2.60 bits per heavy atom. The number of halogens is 3. The van der Waals surface area contributed by atoms with Crippen LogP contribution < -0.4 is 5.32 Å². The van der Waals surface area contributed by atoms with Gasteiger partial charge in [0.1, 0.15) is 0 Å². The lowest BCUT2D eigenvalue weighted by Gasteiger charge is -2.39. The van der Waals surface area contributed by atoms with Crippen molar-refractivity contribution >= 4 is 45.4 Å². The van der Waals surface area contributed by atoms with Gasteiger partial charge in [0.25, 0.3) is 5.25 Å². The lowest BCUT2D eigenvalue weighted by molar-refractivity contribution is 0.00300. The first kappa shape index (κ1) is 11.4. The molecule has 2 aliphatic rings. The van der Waals surface area contributed by atoms with Gasteiger partial charge in [0.15, 0.2) is 0 Å². The first-order valence-electron chi connectivity index (χ1n) is 4.39. The maximum Gasteiger partial charge on any atom is 0.272 e. The molecule has 5 nitrogen and oxygen atoms in total. The topological polar surface area (TPSA) is 49.2 Å². The molecule has 0 aromatic heterocycles. The Hall–Kier alpha value is -0.0700. The fourth-order valence-electron chi connectivity index (χ4n) is 1.42. The Morgan fingerprint density at radius 2 is 2.00 bits per heavy atom. The van der Waals surface area contributed by atoms with Crippen LogP contribution in [0.25, 0.3) is 0 Å². The molecule has 15 heavy (non-hydrogen) atoms. The highest BCUT2D eigenvalue weighted by Crippen LogP contribution is 2.24. The minimum atomic E-state index is -1.14. The Bertz CT molecular complexity index is 315. The molecule has 0 spiro atoms. The second-order valence-corrected chi connectivity index (χ2v) is 4.32. The summed E-state index contributed by atoms with van der Waals surface area (Å²) >= 11 is 17.7. The number of ether oxygens (including phenoxy) is 1. The summed E-state index contributed by atoms with van der Waals surface area (Å²) in [6, 6.07) is 0. The van der Waals surface area contributed by atoms with Crippen LogP contribution in [0.2, 0.25) is 0 Å². The van der Waals surface area contributed by atoms with Crippen molar-refractivity contribution in [3.05, 3.63) is 0 Å². The maximum absolute atomic E-state index is 6.27. The van der Waals surface area contributed by atoms with Gasteiger partial charge < -0.3 is 10.1 Å². The third-order valence-electron chi connectivity index (χ3n) is 2.12. The minimum absolute atomic E-state index is 0.0419. The van der Waals surface area contributed by atoms with E-state index in [1.165, 1.54) is 0 Å². The number of hydrogen-bond donors (Lipinski definition) is 1. The molecular weight excluding hydrogens is 262 g/mol. The third-order valence-corrected chi connectivity index (χ3v) is 2.89. The van der Waals surface area contributed by atoms with Crippen molar-refractivity contribution in [2.24, 2.45) is 9.98 Å². The SMILES string of the molecule is ClC1=NC(Cl)(N2CCOCC2)NC(Cl)=N1. The molecule has 1 N–H and O–H groups in total. The lowest BCUT2D eigenvalue weighted by atomic mass is 10.4. The molecular formula is C7H9Cl3N4O. The van der Waals surface area contributed by atoms with E-state index in [0.29, 0.717) is 26.3 Å². The monoisotopic (exact) mass is 270 g/mol. The van der Waals surface area contributed by atoms with Crippen LogP contribution in [0.3, 0.4) is 0 Å². The number of hydrogen-bond acceptors (Lipinski definition) is 5. The molecule has 1 atom stereocenters. The van der Waals surface area contributed by atoms with Crippen molar-refractivity contribution in [1.29, 1.82) is 0 Å². The van der Waals surface area contributed by atoms with Gasteiger partial charge >= 0.3 is 0 Å². The number of nitrogens with zero attached hydrogens (tertiary/aromatic N) is 3. The van der Waals surface area contributed by atoms with Gasteiger partial charge in [-0.2, -0.15) is 9.98 Å². The maximum atomic E-state index is 6.27. The van der Waals surface area contributed by atoms with Crippen molar-refractivity contribution < 1.29 is 4.74 Å². The van der Waals surface area contributed by atoms with Crippen molar-refractivity contribution in [3.8, 4) is 0 Å². The van der Waals surface area contributed by atoms with Crippen LogP contribution in [-0.2, 0) is 4.74 Å². The van der Waals surface area contributed by atoms with E-state index in [2.05, 4.69) is 15.3 Å². The van der Waals surface area contributed by atoms with Gasteiger partial charge in [0.05, 0.1) is 13.2 Å². The van der Waals surface area contributed by atoms with Gasteiger partial charge in [-0.15, -0.1) is 0 Å². The van der Waals surface area contributed by atoms with Crippen LogP contribution in [0.15, 0.2) is 9.98 Å². The molecule has 0 bridgehead atoms. The predicted molar refractivity (Wildman–Crippen MR) is 60.7 cm³/mol. The fourth-order valence-corrected chi connectivity index (χ4v) is 2.32. The largest absolute Gasteiger partial charge is 0.379 e. The molecule has 0 aliphatic carbocycles. The molecule has 84 valence electrons. The number of nitrogens with one attached hydrogen (secondary N) is 1. The Balaban J connectivity index is 2.16. The molecule has 2 rings (SSSR count). The van der Waals surface area contributed by atoms with E-state index in [4.69, 9.17) is 39.5 Å². The van der Waals surface area contributed by atoms with E-state index in [1.807, 2.05) is 4.90 Å². The van der Waals surface area contributed by atoms with Gasteiger partial charge in [-0.05, 0) is 23.2 Å². The van der Waals surface area contributed by atoms with Crippen molar-refractivity contribution in [3.63, 3.8) is 0 Å². The van der Waals surface area contributed by atoms with Gasteiger partial charge in [-0.3, -0.25) is 0 Å². The summed E-state index contributed by atoms with van der Waals surface area (Å²) in [5, 5.41) is 1.81. The van der Waals surface area contributed by atoms with Crippen molar-refractivity contribution in [1.82, 2.24) is 10.2 Å². The number of alkyl halides is 1. The third kappa shape index (κ3) is 2.54.